The molecule has 2 aromatic rings. The zero-order valence-electron chi connectivity index (χ0n) is 6.44. The Morgan fingerprint density at radius 1 is 1.62 bits per heavy atom. The number of nitrogens with zero attached hydrogens (tertiary/aromatic N) is 2. The molecule has 0 radical (unpaired) electrons. The van der Waals surface area contributed by atoms with E-state index in [1.165, 1.54) is 23.0 Å². The van der Waals surface area contributed by atoms with Crippen molar-refractivity contribution in [1.82, 2.24) is 9.61 Å². The van der Waals surface area contributed by atoms with Gasteiger partial charge in [-0.15, -0.1) is 0 Å². The van der Waals surface area contributed by atoms with Crippen LogP contribution in [-0.2, 0) is 0 Å². The van der Waals surface area contributed by atoms with Crippen LogP contribution in [0.2, 0.25) is 5.02 Å². The van der Waals surface area contributed by atoms with E-state index in [1.807, 2.05) is 0 Å². The molecule has 4 nitrogen and oxygen atoms in total. The SMILES string of the molecule is O=C(O)c1cc2c(Cl)ccnn2c1. The normalized spacial score (nSPS) is 10.5. The molecule has 0 atom stereocenters. The molecule has 2 heterocycles. The second-order valence-corrected chi connectivity index (χ2v) is 2.95. The minimum atomic E-state index is -0.985. The van der Waals surface area contributed by atoms with Gasteiger partial charge in [0.25, 0.3) is 0 Å². The lowest BCUT2D eigenvalue weighted by Crippen LogP contribution is -1.92. The lowest BCUT2D eigenvalue weighted by atomic mass is 10.3. The van der Waals surface area contributed by atoms with Gasteiger partial charge in [-0.05, 0) is 12.1 Å². The van der Waals surface area contributed by atoms with Crippen molar-refractivity contribution >= 4 is 23.1 Å². The summed E-state index contributed by atoms with van der Waals surface area (Å²) in [5, 5.41) is 13.1. The van der Waals surface area contributed by atoms with E-state index in [-0.39, 0.29) is 5.56 Å². The average Bonchev–Trinajstić information content (AvgIpc) is 2.49. The number of halogens is 1. The molecule has 0 bridgehead atoms. The highest BCUT2D eigenvalue weighted by Gasteiger charge is 2.08. The molecule has 0 aromatic carbocycles. The summed E-state index contributed by atoms with van der Waals surface area (Å²) >= 11 is 5.82. The fraction of sp³-hybridized carbons (Fsp3) is 0. The maximum absolute atomic E-state index is 10.6. The first kappa shape index (κ1) is 8.07. The van der Waals surface area contributed by atoms with Gasteiger partial charge in [0.2, 0.25) is 0 Å². The molecule has 0 aliphatic carbocycles. The maximum Gasteiger partial charge on any atom is 0.337 e. The number of rotatable bonds is 1. The minimum absolute atomic E-state index is 0.181. The fourth-order valence-corrected chi connectivity index (χ4v) is 1.30. The number of aromatic nitrogens is 2. The van der Waals surface area contributed by atoms with Gasteiger partial charge in [0.1, 0.15) is 0 Å². The van der Waals surface area contributed by atoms with Crippen molar-refractivity contribution in [3.63, 3.8) is 0 Å². The predicted molar refractivity (Wildman–Crippen MR) is 47.2 cm³/mol. The second kappa shape index (κ2) is 2.74. The molecule has 0 aliphatic heterocycles. The number of carboxylic acid groups (broad SMARTS) is 1. The maximum atomic E-state index is 10.6. The third kappa shape index (κ3) is 1.25. The topological polar surface area (TPSA) is 54.6 Å². The van der Waals surface area contributed by atoms with Crippen LogP contribution < -0.4 is 0 Å². The minimum Gasteiger partial charge on any atom is -0.478 e. The van der Waals surface area contributed by atoms with Crippen LogP contribution in [0.3, 0.4) is 0 Å². The molecule has 0 amide bonds. The Hall–Kier alpha value is -1.55. The lowest BCUT2D eigenvalue weighted by Gasteiger charge is -1.92. The quantitative estimate of drug-likeness (QED) is 0.755. The van der Waals surface area contributed by atoms with E-state index >= 15 is 0 Å². The molecule has 13 heavy (non-hydrogen) atoms. The van der Waals surface area contributed by atoms with Gasteiger partial charge in [0, 0.05) is 12.4 Å². The molecular weight excluding hydrogens is 192 g/mol. The van der Waals surface area contributed by atoms with Crippen LogP contribution in [0.1, 0.15) is 10.4 Å². The highest BCUT2D eigenvalue weighted by Crippen LogP contribution is 2.17. The number of fused-ring (bicyclic) bond motifs is 1. The molecule has 0 fully saturated rings. The summed E-state index contributed by atoms with van der Waals surface area (Å²) in [6, 6.07) is 3.10. The Kier molecular flexibility index (Phi) is 1.70. The number of hydrogen-bond acceptors (Lipinski definition) is 2. The standard InChI is InChI=1S/C8H5ClN2O2/c9-6-1-2-10-11-4-5(8(12)13)3-7(6)11/h1-4H,(H,12,13). The van der Waals surface area contributed by atoms with Gasteiger partial charge in [-0.25, -0.2) is 9.31 Å². The van der Waals surface area contributed by atoms with Gasteiger partial charge < -0.3 is 5.11 Å². The summed E-state index contributed by atoms with van der Waals surface area (Å²) < 4.78 is 1.44. The molecular formula is C8H5ClN2O2. The van der Waals surface area contributed by atoms with Crippen molar-refractivity contribution in [3.8, 4) is 0 Å². The summed E-state index contributed by atoms with van der Waals surface area (Å²) in [6.07, 6.45) is 2.94. The van der Waals surface area contributed by atoms with Crippen molar-refractivity contribution in [1.29, 1.82) is 0 Å². The van der Waals surface area contributed by atoms with Gasteiger partial charge in [0.05, 0.1) is 16.1 Å². The first-order valence-electron chi connectivity index (χ1n) is 3.54. The summed E-state index contributed by atoms with van der Waals surface area (Å²) in [4.78, 5) is 10.6. The molecule has 66 valence electrons. The Bertz CT molecular complexity index is 478. The fourth-order valence-electron chi connectivity index (χ4n) is 1.10. The zero-order valence-corrected chi connectivity index (χ0v) is 7.19. The summed E-state index contributed by atoms with van der Waals surface area (Å²) in [5.41, 5.74) is 0.780. The van der Waals surface area contributed by atoms with Gasteiger partial charge in [-0.1, -0.05) is 11.6 Å². The highest BCUT2D eigenvalue weighted by atomic mass is 35.5. The van der Waals surface area contributed by atoms with Crippen LogP contribution in [0.25, 0.3) is 5.52 Å². The Morgan fingerprint density at radius 3 is 3.00 bits per heavy atom. The van der Waals surface area contributed by atoms with Gasteiger partial charge in [0.15, 0.2) is 0 Å². The van der Waals surface area contributed by atoms with E-state index in [0.717, 1.165) is 0 Å². The largest absolute Gasteiger partial charge is 0.478 e. The predicted octanol–water partition coefficient (Wildman–Crippen LogP) is 1.69. The van der Waals surface area contributed by atoms with Crippen LogP contribution in [0.5, 0.6) is 0 Å². The first-order valence-corrected chi connectivity index (χ1v) is 3.92. The molecule has 0 saturated carbocycles. The average molecular weight is 197 g/mol. The summed E-state index contributed by atoms with van der Waals surface area (Å²) in [7, 11) is 0. The number of carbonyl (C=O) groups is 1. The number of carboxylic acids is 1. The van der Waals surface area contributed by atoms with Crippen LogP contribution in [0.4, 0.5) is 0 Å². The van der Waals surface area contributed by atoms with Crippen LogP contribution in [0, 0.1) is 0 Å². The Morgan fingerprint density at radius 2 is 2.38 bits per heavy atom. The summed E-state index contributed by atoms with van der Waals surface area (Å²) in [5.74, 6) is -0.985. The molecule has 0 spiro atoms. The number of aromatic carboxylic acids is 1. The van der Waals surface area contributed by atoms with Crippen LogP contribution >= 0.6 is 11.6 Å². The van der Waals surface area contributed by atoms with E-state index < -0.39 is 5.97 Å². The van der Waals surface area contributed by atoms with E-state index in [4.69, 9.17) is 16.7 Å². The molecule has 5 heteroatoms. The molecule has 2 aromatic heterocycles. The smallest absolute Gasteiger partial charge is 0.337 e. The second-order valence-electron chi connectivity index (χ2n) is 2.54. The number of hydrogen-bond donors (Lipinski definition) is 1. The van der Waals surface area contributed by atoms with Gasteiger partial charge in [-0.2, -0.15) is 5.10 Å². The first-order chi connectivity index (χ1) is 6.18. The van der Waals surface area contributed by atoms with Crippen molar-refractivity contribution in [2.75, 3.05) is 0 Å². The van der Waals surface area contributed by atoms with Crippen LogP contribution in [-0.4, -0.2) is 20.7 Å². The molecule has 2 rings (SSSR count). The Balaban J connectivity index is 2.75. The van der Waals surface area contributed by atoms with E-state index in [0.29, 0.717) is 10.5 Å². The zero-order chi connectivity index (χ0) is 9.42. The van der Waals surface area contributed by atoms with Gasteiger partial charge in [-0.3, -0.25) is 0 Å². The summed E-state index contributed by atoms with van der Waals surface area (Å²) in [6.45, 7) is 0. The molecule has 1 N–H and O–H groups in total. The van der Waals surface area contributed by atoms with Crippen molar-refractivity contribution in [3.05, 3.63) is 35.1 Å². The Labute approximate surface area is 78.4 Å². The van der Waals surface area contributed by atoms with Gasteiger partial charge >= 0.3 is 5.97 Å². The van der Waals surface area contributed by atoms with E-state index in [2.05, 4.69) is 5.10 Å². The third-order valence-electron chi connectivity index (χ3n) is 1.70. The van der Waals surface area contributed by atoms with Crippen LogP contribution in [0.15, 0.2) is 24.5 Å². The molecule has 0 unspecified atom stereocenters. The molecule has 0 aliphatic rings. The van der Waals surface area contributed by atoms with Crippen molar-refractivity contribution < 1.29 is 9.90 Å². The monoisotopic (exact) mass is 196 g/mol. The van der Waals surface area contributed by atoms with E-state index in [9.17, 15) is 4.79 Å². The van der Waals surface area contributed by atoms with E-state index in [1.54, 1.807) is 6.07 Å². The lowest BCUT2D eigenvalue weighted by molar-refractivity contribution is 0.0697. The third-order valence-corrected chi connectivity index (χ3v) is 2.02. The molecule has 0 saturated heterocycles. The highest BCUT2D eigenvalue weighted by molar-refractivity contribution is 6.33. The van der Waals surface area contributed by atoms with Crippen molar-refractivity contribution in [2.45, 2.75) is 0 Å². The van der Waals surface area contributed by atoms with Crippen molar-refractivity contribution in [2.24, 2.45) is 0 Å².